The SMILES string of the molecule is COc1cccc([C@](C)(c2ccc(O)cc2)c2ccc(C)[nH]2)c1. The highest BCUT2D eigenvalue weighted by Gasteiger charge is 2.32. The summed E-state index contributed by atoms with van der Waals surface area (Å²) in [6, 6.07) is 19.7. The van der Waals surface area contributed by atoms with Crippen LogP contribution in [0.1, 0.15) is 29.4 Å². The average molecular weight is 307 g/mol. The summed E-state index contributed by atoms with van der Waals surface area (Å²) in [5.74, 6) is 1.10. The van der Waals surface area contributed by atoms with Gasteiger partial charge in [-0.05, 0) is 61.4 Å². The zero-order valence-electron chi connectivity index (χ0n) is 13.6. The fraction of sp³-hybridized carbons (Fsp3) is 0.200. The van der Waals surface area contributed by atoms with Gasteiger partial charge in [0.2, 0.25) is 0 Å². The van der Waals surface area contributed by atoms with Crippen LogP contribution in [0.3, 0.4) is 0 Å². The minimum atomic E-state index is -0.365. The molecule has 0 saturated carbocycles. The molecule has 0 aliphatic rings. The molecule has 0 aliphatic carbocycles. The van der Waals surface area contributed by atoms with Gasteiger partial charge in [-0.15, -0.1) is 0 Å². The maximum atomic E-state index is 9.62. The molecule has 3 aromatic rings. The zero-order chi connectivity index (χ0) is 16.4. The number of rotatable bonds is 4. The lowest BCUT2D eigenvalue weighted by atomic mass is 9.73. The van der Waals surface area contributed by atoms with Crippen LogP contribution in [0.15, 0.2) is 60.7 Å². The van der Waals surface area contributed by atoms with Crippen LogP contribution in [0.2, 0.25) is 0 Å². The smallest absolute Gasteiger partial charge is 0.119 e. The number of H-pyrrole nitrogens is 1. The first-order chi connectivity index (χ1) is 11.0. The van der Waals surface area contributed by atoms with Crippen molar-refractivity contribution in [2.24, 2.45) is 0 Å². The summed E-state index contributed by atoms with van der Waals surface area (Å²) in [6.45, 7) is 4.23. The molecular formula is C20H21NO2. The van der Waals surface area contributed by atoms with E-state index in [1.54, 1.807) is 19.2 Å². The van der Waals surface area contributed by atoms with Gasteiger partial charge in [0.05, 0.1) is 12.5 Å². The van der Waals surface area contributed by atoms with Crippen LogP contribution in [0.5, 0.6) is 11.5 Å². The molecule has 0 aliphatic heterocycles. The van der Waals surface area contributed by atoms with Gasteiger partial charge >= 0.3 is 0 Å². The van der Waals surface area contributed by atoms with Crippen LogP contribution in [-0.2, 0) is 5.41 Å². The summed E-state index contributed by atoms with van der Waals surface area (Å²) in [5, 5.41) is 9.62. The second kappa shape index (κ2) is 5.84. The fourth-order valence-corrected chi connectivity index (χ4v) is 3.00. The summed E-state index contributed by atoms with van der Waals surface area (Å²) in [5.41, 5.74) is 4.09. The van der Waals surface area contributed by atoms with Crippen molar-refractivity contribution in [3.8, 4) is 11.5 Å². The number of ether oxygens (including phenoxy) is 1. The Morgan fingerprint density at radius 2 is 1.70 bits per heavy atom. The van der Waals surface area contributed by atoms with Crippen molar-refractivity contribution >= 4 is 0 Å². The van der Waals surface area contributed by atoms with Crippen molar-refractivity contribution in [1.82, 2.24) is 4.98 Å². The lowest BCUT2D eigenvalue weighted by Crippen LogP contribution is -2.25. The predicted octanol–water partition coefficient (Wildman–Crippen LogP) is 4.39. The Bertz CT molecular complexity index is 805. The molecule has 3 heteroatoms. The third-order valence-electron chi connectivity index (χ3n) is 4.46. The quantitative estimate of drug-likeness (QED) is 0.751. The Morgan fingerprint density at radius 3 is 2.30 bits per heavy atom. The molecule has 1 atom stereocenters. The monoisotopic (exact) mass is 307 g/mol. The van der Waals surface area contributed by atoms with E-state index >= 15 is 0 Å². The minimum absolute atomic E-state index is 0.268. The molecular weight excluding hydrogens is 286 g/mol. The second-order valence-electron chi connectivity index (χ2n) is 5.96. The van der Waals surface area contributed by atoms with E-state index < -0.39 is 0 Å². The number of aryl methyl sites for hydroxylation is 1. The first-order valence-electron chi connectivity index (χ1n) is 7.64. The van der Waals surface area contributed by atoms with Gasteiger partial charge in [-0.1, -0.05) is 24.3 Å². The van der Waals surface area contributed by atoms with E-state index in [2.05, 4.69) is 36.2 Å². The molecule has 0 spiro atoms. The highest BCUT2D eigenvalue weighted by Crippen LogP contribution is 2.39. The van der Waals surface area contributed by atoms with Crippen LogP contribution in [-0.4, -0.2) is 17.2 Å². The van der Waals surface area contributed by atoms with Gasteiger partial charge in [-0.25, -0.2) is 0 Å². The molecule has 2 N–H and O–H groups in total. The summed E-state index contributed by atoms with van der Waals surface area (Å²) >= 11 is 0. The van der Waals surface area contributed by atoms with E-state index in [9.17, 15) is 5.11 Å². The number of aromatic amines is 1. The van der Waals surface area contributed by atoms with E-state index in [1.165, 1.54) is 0 Å². The Kier molecular flexibility index (Phi) is 3.87. The van der Waals surface area contributed by atoms with E-state index in [4.69, 9.17) is 4.74 Å². The fourth-order valence-electron chi connectivity index (χ4n) is 3.00. The number of nitrogens with one attached hydrogen (secondary N) is 1. The van der Waals surface area contributed by atoms with Crippen molar-refractivity contribution < 1.29 is 9.84 Å². The van der Waals surface area contributed by atoms with Crippen LogP contribution in [0.4, 0.5) is 0 Å². The van der Waals surface area contributed by atoms with Crippen LogP contribution in [0.25, 0.3) is 0 Å². The van der Waals surface area contributed by atoms with Gasteiger partial charge in [0.25, 0.3) is 0 Å². The van der Waals surface area contributed by atoms with Gasteiger partial charge in [0, 0.05) is 11.4 Å². The Morgan fingerprint density at radius 1 is 0.957 bits per heavy atom. The highest BCUT2D eigenvalue weighted by atomic mass is 16.5. The highest BCUT2D eigenvalue weighted by molar-refractivity contribution is 5.50. The van der Waals surface area contributed by atoms with Crippen molar-refractivity contribution in [3.05, 3.63) is 83.2 Å². The van der Waals surface area contributed by atoms with Gasteiger partial charge in [0.1, 0.15) is 11.5 Å². The maximum Gasteiger partial charge on any atom is 0.119 e. The number of hydrogen-bond acceptors (Lipinski definition) is 2. The number of phenols is 1. The molecule has 1 heterocycles. The molecule has 1 aromatic heterocycles. The molecule has 0 fully saturated rings. The summed E-state index contributed by atoms with van der Waals surface area (Å²) in [4.78, 5) is 3.46. The molecule has 0 unspecified atom stereocenters. The van der Waals surface area contributed by atoms with Crippen molar-refractivity contribution in [3.63, 3.8) is 0 Å². The topological polar surface area (TPSA) is 45.2 Å². The van der Waals surface area contributed by atoms with Crippen LogP contribution >= 0.6 is 0 Å². The summed E-state index contributed by atoms with van der Waals surface area (Å²) in [6.07, 6.45) is 0. The van der Waals surface area contributed by atoms with E-state index in [0.717, 1.165) is 28.3 Å². The molecule has 0 amide bonds. The van der Waals surface area contributed by atoms with Crippen LogP contribution in [0, 0.1) is 6.92 Å². The average Bonchev–Trinajstić information content (AvgIpc) is 3.02. The zero-order valence-corrected chi connectivity index (χ0v) is 13.6. The molecule has 0 radical (unpaired) electrons. The Balaban J connectivity index is 2.22. The normalized spacial score (nSPS) is 13.5. The molecule has 0 bridgehead atoms. The van der Waals surface area contributed by atoms with Gasteiger partial charge in [0.15, 0.2) is 0 Å². The third kappa shape index (κ3) is 2.70. The van der Waals surface area contributed by atoms with Gasteiger partial charge < -0.3 is 14.8 Å². The maximum absolute atomic E-state index is 9.62. The minimum Gasteiger partial charge on any atom is -0.508 e. The Labute approximate surface area is 136 Å². The summed E-state index contributed by atoms with van der Waals surface area (Å²) < 4.78 is 5.40. The molecule has 23 heavy (non-hydrogen) atoms. The van der Waals surface area contributed by atoms with Gasteiger partial charge in [-0.3, -0.25) is 0 Å². The van der Waals surface area contributed by atoms with Crippen molar-refractivity contribution in [2.45, 2.75) is 19.3 Å². The predicted molar refractivity (Wildman–Crippen MR) is 92.2 cm³/mol. The molecule has 2 aromatic carbocycles. The Hall–Kier alpha value is -2.68. The first kappa shape index (κ1) is 15.2. The molecule has 118 valence electrons. The van der Waals surface area contributed by atoms with E-state index in [1.807, 2.05) is 31.2 Å². The van der Waals surface area contributed by atoms with E-state index in [0.29, 0.717) is 0 Å². The second-order valence-corrected chi connectivity index (χ2v) is 5.96. The van der Waals surface area contributed by atoms with Gasteiger partial charge in [-0.2, -0.15) is 0 Å². The lowest BCUT2D eigenvalue weighted by Gasteiger charge is -2.30. The summed E-state index contributed by atoms with van der Waals surface area (Å²) in [7, 11) is 1.68. The van der Waals surface area contributed by atoms with Crippen molar-refractivity contribution in [2.75, 3.05) is 7.11 Å². The molecule has 3 rings (SSSR count). The number of aromatic nitrogens is 1. The lowest BCUT2D eigenvalue weighted by molar-refractivity contribution is 0.413. The number of hydrogen-bond donors (Lipinski definition) is 2. The molecule has 0 saturated heterocycles. The standard InChI is InChI=1S/C20H21NO2/c1-14-7-12-19(21-14)20(2,15-8-10-17(22)11-9-15)16-5-4-6-18(13-16)23-3/h4-13,21-22H,1-3H3/t20-/m0/s1. The number of benzene rings is 2. The number of methoxy groups -OCH3 is 1. The van der Waals surface area contributed by atoms with Crippen molar-refractivity contribution in [1.29, 1.82) is 0 Å². The number of aromatic hydroxyl groups is 1. The van der Waals surface area contributed by atoms with Crippen LogP contribution < -0.4 is 4.74 Å². The first-order valence-corrected chi connectivity index (χ1v) is 7.64. The molecule has 3 nitrogen and oxygen atoms in total. The number of phenolic OH excluding ortho intramolecular Hbond substituents is 1. The largest absolute Gasteiger partial charge is 0.508 e. The van der Waals surface area contributed by atoms with E-state index in [-0.39, 0.29) is 11.2 Å². The third-order valence-corrected chi connectivity index (χ3v) is 4.46.